The summed E-state index contributed by atoms with van der Waals surface area (Å²) >= 11 is 0. The summed E-state index contributed by atoms with van der Waals surface area (Å²) in [6, 6.07) is 8.40. The second kappa shape index (κ2) is 7.15. The van der Waals surface area contributed by atoms with Crippen LogP contribution in [0.5, 0.6) is 0 Å². The molecule has 0 spiro atoms. The van der Waals surface area contributed by atoms with Crippen LogP contribution in [0.1, 0.15) is 38.5 Å². The van der Waals surface area contributed by atoms with Crippen molar-refractivity contribution >= 4 is 32.7 Å². The maximum atomic E-state index is 12.9. The van der Waals surface area contributed by atoms with Gasteiger partial charge in [-0.1, -0.05) is 25.0 Å². The van der Waals surface area contributed by atoms with Gasteiger partial charge in [-0.2, -0.15) is 4.31 Å². The fraction of sp³-hybridized carbons (Fsp3) is 0.600. The fourth-order valence-corrected chi connectivity index (χ4v) is 6.30. The topological polar surface area (TPSA) is 78.4 Å². The number of anilines is 2. The maximum absolute atomic E-state index is 12.9. The maximum Gasteiger partial charge on any atom is 0.217 e. The third kappa shape index (κ3) is 3.43. The summed E-state index contributed by atoms with van der Waals surface area (Å²) in [5.74, 6) is 1.68. The van der Waals surface area contributed by atoms with Crippen LogP contribution in [0, 0.1) is 0 Å². The first-order valence-corrected chi connectivity index (χ1v) is 11.9. The average Bonchev–Trinajstić information content (AvgIpc) is 3.35. The number of rotatable bonds is 5. The lowest BCUT2D eigenvalue weighted by atomic mass is 10.3. The summed E-state index contributed by atoms with van der Waals surface area (Å²) in [5, 5.41) is 3.34. The molecule has 0 unspecified atom stereocenters. The second-order valence-corrected chi connectivity index (χ2v) is 10.4. The molecule has 3 aliphatic rings. The molecule has 7 nitrogen and oxygen atoms in total. The lowest BCUT2D eigenvalue weighted by Gasteiger charge is -2.36. The van der Waals surface area contributed by atoms with Gasteiger partial charge in [0.15, 0.2) is 11.6 Å². The smallest absolute Gasteiger partial charge is 0.217 e. The van der Waals surface area contributed by atoms with E-state index in [-0.39, 0.29) is 5.25 Å². The number of nitrogens with one attached hydrogen (secondary N) is 1. The highest BCUT2D eigenvalue weighted by atomic mass is 32.2. The molecule has 0 radical (unpaired) electrons. The Bertz CT molecular complexity index is 962. The van der Waals surface area contributed by atoms with E-state index < -0.39 is 10.0 Å². The number of aromatic nitrogens is 2. The highest BCUT2D eigenvalue weighted by Gasteiger charge is 2.36. The molecule has 2 heterocycles. The Kier molecular flexibility index (Phi) is 4.63. The number of piperazine rings is 1. The molecule has 2 aliphatic carbocycles. The minimum Gasteiger partial charge on any atom is -0.364 e. The van der Waals surface area contributed by atoms with Crippen molar-refractivity contribution < 1.29 is 8.42 Å². The van der Waals surface area contributed by atoms with Gasteiger partial charge in [0, 0.05) is 32.2 Å². The molecule has 1 aliphatic heterocycles. The molecular formula is C20H27N5O2S. The molecule has 0 amide bonds. The van der Waals surface area contributed by atoms with Gasteiger partial charge in [-0.15, -0.1) is 0 Å². The van der Waals surface area contributed by atoms with Gasteiger partial charge in [0.2, 0.25) is 10.0 Å². The molecule has 1 aromatic heterocycles. The molecule has 8 heteroatoms. The van der Waals surface area contributed by atoms with E-state index in [0.29, 0.717) is 32.2 Å². The molecular weight excluding hydrogens is 374 g/mol. The van der Waals surface area contributed by atoms with Gasteiger partial charge in [-0.25, -0.2) is 18.4 Å². The Morgan fingerprint density at radius 3 is 2.18 bits per heavy atom. The minimum absolute atomic E-state index is 0.174. The van der Waals surface area contributed by atoms with Crippen molar-refractivity contribution in [2.24, 2.45) is 0 Å². The molecule has 0 atom stereocenters. The van der Waals surface area contributed by atoms with Crippen LogP contribution in [0.15, 0.2) is 24.3 Å². The third-order valence-electron chi connectivity index (χ3n) is 6.09. The zero-order chi connectivity index (χ0) is 19.1. The van der Waals surface area contributed by atoms with Crippen LogP contribution in [0.4, 0.5) is 11.6 Å². The van der Waals surface area contributed by atoms with Crippen LogP contribution < -0.4 is 10.2 Å². The van der Waals surface area contributed by atoms with Crippen LogP contribution in [0.25, 0.3) is 11.0 Å². The van der Waals surface area contributed by atoms with Gasteiger partial charge < -0.3 is 10.2 Å². The number of hydrogen-bond acceptors (Lipinski definition) is 6. The quantitative estimate of drug-likeness (QED) is 0.830. The number of sulfonamides is 1. The Balaban J connectivity index is 1.37. The van der Waals surface area contributed by atoms with E-state index in [0.717, 1.165) is 48.4 Å². The molecule has 150 valence electrons. The SMILES string of the molecule is O=S(=O)(C1CCCC1)N1CCN(c2nc3ccccc3nc2NC2CC2)CC1. The van der Waals surface area contributed by atoms with E-state index in [4.69, 9.17) is 9.97 Å². The molecule has 28 heavy (non-hydrogen) atoms. The Morgan fingerprint density at radius 2 is 1.54 bits per heavy atom. The van der Waals surface area contributed by atoms with E-state index in [2.05, 4.69) is 10.2 Å². The summed E-state index contributed by atoms with van der Waals surface area (Å²) in [6.07, 6.45) is 6.03. The summed E-state index contributed by atoms with van der Waals surface area (Å²) in [4.78, 5) is 11.9. The van der Waals surface area contributed by atoms with E-state index >= 15 is 0 Å². The van der Waals surface area contributed by atoms with Crippen molar-refractivity contribution in [2.45, 2.75) is 49.8 Å². The van der Waals surface area contributed by atoms with Gasteiger partial charge in [-0.05, 0) is 37.8 Å². The molecule has 0 bridgehead atoms. The van der Waals surface area contributed by atoms with Gasteiger partial charge in [0.1, 0.15) is 0 Å². The van der Waals surface area contributed by atoms with E-state index in [1.165, 1.54) is 12.8 Å². The average molecular weight is 402 g/mol. The summed E-state index contributed by atoms with van der Waals surface area (Å²) in [5.41, 5.74) is 1.76. The normalized spacial score (nSPS) is 22.1. The van der Waals surface area contributed by atoms with Crippen molar-refractivity contribution in [1.29, 1.82) is 0 Å². The van der Waals surface area contributed by atoms with Crippen molar-refractivity contribution in [2.75, 3.05) is 36.4 Å². The Morgan fingerprint density at radius 1 is 0.893 bits per heavy atom. The highest BCUT2D eigenvalue weighted by Crippen LogP contribution is 2.32. The van der Waals surface area contributed by atoms with Crippen molar-refractivity contribution in [1.82, 2.24) is 14.3 Å². The fourth-order valence-electron chi connectivity index (χ4n) is 4.28. The number of hydrogen-bond donors (Lipinski definition) is 1. The van der Waals surface area contributed by atoms with Gasteiger partial charge in [0.25, 0.3) is 0 Å². The summed E-state index contributed by atoms with van der Waals surface area (Å²) in [7, 11) is -3.17. The lowest BCUT2D eigenvalue weighted by Crippen LogP contribution is -2.51. The summed E-state index contributed by atoms with van der Waals surface area (Å²) < 4.78 is 27.5. The van der Waals surface area contributed by atoms with Crippen molar-refractivity contribution in [3.63, 3.8) is 0 Å². The largest absolute Gasteiger partial charge is 0.364 e. The van der Waals surface area contributed by atoms with Crippen LogP contribution in [0.3, 0.4) is 0 Å². The number of para-hydroxylation sites is 2. The lowest BCUT2D eigenvalue weighted by molar-refractivity contribution is 0.378. The van der Waals surface area contributed by atoms with Gasteiger partial charge in [0.05, 0.1) is 16.3 Å². The number of fused-ring (bicyclic) bond motifs is 1. The predicted molar refractivity (Wildman–Crippen MR) is 111 cm³/mol. The zero-order valence-electron chi connectivity index (χ0n) is 16.0. The Hall–Kier alpha value is -1.93. The summed E-state index contributed by atoms with van der Waals surface area (Å²) in [6.45, 7) is 2.35. The molecule has 1 N–H and O–H groups in total. The van der Waals surface area contributed by atoms with Crippen LogP contribution >= 0.6 is 0 Å². The minimum atomic E-state index is -3.17. The molecule has 3 fully saturated rings. The second-order valence-electron chi connectivity index (χ2n) is 8.14. The first-order valence-electron chi connectivity index (χ1n) is 10.4. The van der Waals surface area contributed by atoms with Crippen molar-refractivity contribution in [3.8, 4) is 0 Å². The van der Waals surface area contributed by atoms with Crippen LogP contribution in [-0.2, 0) is 10.0 Å². The first kappa shape index (κ1) is 18.1. The number of nitrogens with zero attached hydrogens (tertiary/aromatic N) is 4. The zero-order valence-corrected chi connectivity index (χ0v) is 16.9. The molecule has 1 aromatic carbocycles. The monoisotopic (exact) mass is 401 g/mol. The van der Waals surface area contributed by atoms with Gasteiger partial charge >= 0.3 is 0 Å². The predicted octanol–water partition coefficient (Wildman–Crippen LogP) is 2.60. The van der Waals surface area contributed by atoms with Gasteiger partial charge in [-0.3, -0.25) is 0 Å². The highest BCUT2D eigenvalue weighted by molar-refractivity contribution is 7.89. The molecule has 2 aromatic rings. The standard InChI is InChI=1S/C20H27N5O2S/c26-28(27,16-5-1-2-6-16)25-13-11-24(12-14-25)20-19(21-15-9-10-15)22-17-7-3-4-8-18(17)23-20/h3-4,7-8,15-16H,1-2,5-6,9-14H2,(H,21,22). The van der Waals surface area contributed by atoms with E-state index in [1.54, 1.807) is 4.31 Å². The van der Waals surface area contributed by atoms with E-state index in [9.17, 15) is 8.42 Å². The first-order chi connectivity index (χ1) is 13.6. The third-order valence-corrected chi connectivity index (χ3v) is 8.49. The molecule has 2 saturated carbocycles. The molecule has 1 saturated heterocycles. The number of benzene rings is 1. The molecule has 5 rings (SSSR count). The van der Waals surface area contributed by atoms with E-state index in [1.807, 2.05) is 24.3 Å². The van der Waals surface area contributed by atoms with Crippen LogP contribution in [0.2, 0.25) is 0 Å². The van der Waals surface area contributed by atoms with Crippen molar-refractivity contribution in [3.05, 3.63) is 24.3 Å². The van der Waals surface area contributed by atoms with Crippen LogP contribution in [-0.4, -0.2) is 60.2 Å². The Labute approximate surface area is 166 Å².